The van der Waals surface area contributed by atoms with Gasteiger partial charge in [-0.05, 0) is 31.3 Å². The van der Waals surface area contributed by atoms with Gasteiger partial charge in [-0.25, -0.2) is 0 Å². The second kappa shape index (κ2) is 6.36. The van der Waals surface area contributed by atoms with E-state index in [0.717, 1.165) is 32.5 Å². The number of nitrogens with one attached hydrogen (secondary N) is 1. The molecule has 0 unspecified atom stereocenters. The number of hydrogen-bond acceptors (Lipinski definition) is 3. The molecule has 0 radical (unpaired) electrons. The van der Waals surface area contributed by atoms with Crippen molar-refractivity contribution in [2.45, 2.75) is 39.7 Å². The summed E-state index contributed by atoms with van der Waals surface area (Å²) in [5.41, 5.74) is 0.138. The highest BCUT2D eigenvalue weighted by atomic mass is 16.5. The lowest BCUT2D eigenvalue weighted by Gasteiger charge is -2.28. The van der Waals surface area contributed by atoms with Crippen LogP contribution in [0.1, 0.15) is 33.6 Å². The maximum absolute atomic E-state index is 11.8. The van der Waals surface area contributed by atoms with Crippen molar-refractivity contribution in [3.8, 4) is 0 Å². The van der Waals surface area contributed by atoms with E-state index < -0.39 is 0 Å². The van der Waals surface area contributed by atoms with Crippen LogP contribution in [0.15, 0.2) is 0 Å². The molecule has 4 heteroatoms. The first-order valence-corrected chi connectivity index (χ1v) is 6.45. The summed E-state index contributed by atoms with van der Waals surface area (Å²) in [6, 6.07) is 0. The van der Waals surface area contributed by atoms with E-state index in [-0.39, 0.29) is 24.0 Å². The van der Waals surface area contributed by atoms with Crippen molar-refractivity contribution < 1.29 is 9.53 Å². The Hall–Kier alpha value is -0.610. The molecular formula is C13H26N2O2. The van der Waals surface area contributed by atoms with Crippen LogP contribution >= 0.6 is 0 Å². The van der Waals surface area contributed by atoms with Crippen molar-refractivity contribution in [3.05, 3.63) is 0 Å². The smallest absolute Gasteiger partial charge is 0.248 e. The number of carbonyl (C=O) groups is 1. The van der Waals surface area contributed by atoms with Crippen molar-refractivity contribution in [1.82, 2.24) is 10.2 Å². The summed E-state index contributed by atoms with van der Waals surface area (Å²) in [5, 5.41) is 3.28. The molecule has 17 heavy (non-hydrogen) atoms. The van der Waals surface area contributed by atoms with Crippen LogP contribution in [0, 0.1) is 5.41 Å². The van der Waals surface area contributed by atoms with E-state index in [2.05, 4.69) is 26.1 Å². The molecule has 1 fully saturated rings. The minimum absolute atomic E-state index is 0.0819. The van der Waals surface area contributed by atoms with Crippen molar-refractivity contribution in [2.75, 3.05) is 33.3 Å². The number of amides is 1. The molecule has 0 aromatic rings. The molecule has 1 heterocycles. The van der Waals surface area contributed by atoms with Gasteiger partial charge in [-0.15, -0.1) is 0 Å². The largest absolute Gasteiger partial charge is 0.368 e. The van der Waals surface area contributed by atoms with Crippen molar-refractivity contribution in [3.63, 3.8) is 0 Å². The van der Waals surface area contributed by atoms with Gasteiger partial charge in [0.1, 0.15) is 6.61 Å². The molecule has 0 aromatic heterocycles. The zero-order valence-corrected chi connectivity index (χ0v) is 11.6. The Labute approximate surface area is 105 Å². The summed E-state index contributed by atoms with van der Waals surface area (Å²) in [6.07, 6.45) is 2.27. The van der Waals surface area contributed by atoms with Crippen LogP contribution in [0.5, 0.6) is 0 Å². The minimum Gasteiger partial charge on any atom is -0.368 e. The molecule has 1 saturated heterocycles. The molecule has 0 bridgehead atoms. The van der Waals surface area contributed by atoms with E-state index in [1.807, 2.05) is 7.05 Å². The first-order chi connectivity index (χ1) is 7.88. The maximum Gasteiger partial charge on any atom is 0.248 e. The van der Waals surface area contributed by atoms with Crippen LogP contribution in [-0.4, -0.2) is 50.2 Å². The fourth-order valence-electron chi connectivity index (χ4n) is 2.06. The topological polar surface area (TPSA) is 41.6 Å². The van der Waals surface area contributed by atoms with Gasteiger partial charge in [-0.2, -0.15) is 0 Å². The van der Waals surface area contributed by atoms with Gasteiger partial charge in [0.25, 0.3) is 0 Å². The Balaban J connectivity index is 2.23. The quantitative estimate of drug-likeness (QED) is 0.807. The predicted octanol–water partition coefficient (Wildman–Crippen LogP) is 1.26. The molecule has 4 nitrogen and oxygen atoms in total. The molecule has 1 aliphatic rings. The highest BCUT2D eigenvalue weighted by molar-refractivity contribution is 5.77. The van der Waals surface area contributed by atoms with Crippen LogP contribution in [0.3, 0.4) is 0 Å². The van der Waals surface area contributed by atoms with E-state index in [4.69, 9.17) is 4.74 Å². The summed E-state index contributed by atoms with van der Waals surface area (Å²) in [5.74, 6) is 0.0819. The average Bonchev–Trinajstić information content (AvgIpc) is 2.25. The molecule has 0 atom stereocenters. The van der Waals surface area contributed by atoms with Gasteiger partial charge >= 0.3 is 0 Å². The van der Waals surface area contributed by atoms with Gasteiger partial charge in [0.15, 0.2) is 0 Å². The number of piperidine rings is 1. The van der Waals surface area contributed by atoms with Crippen molar-refractivity contribution >= 4 is 5.91 Å². The summed E-state index contributed by atoms with van der Waals surface area (Å²) in [7, 11) is 1.85. The second-order valence-electron chi connectivity index (χ2n) is 6.07. The highest BCUT2D eigenvalue weighted by Gasteiger charge is 2.19. The van der Waals surface area contributed by atoms with Gasteiger partial charge in [-0.1, -0.05) is 20.8 Å². The van der Waals surface area contributed by atoms with E-state index in [0.29, 0.717) is 0 Å². The van der Waals surface area contributed by atoms with Gasteiger partial charge in [0.2, 0.25) is 5.91 Å². The third kappa shape index (κ3) is 6.03. The van der Waals surface area contributed by atoms with Crippen molar-refractivity contribution in [1.29, 1.82) is 0 Å². The zero-order valence-electron chi connectivity index (χ0n) is 11.6. The Kier molecular flexibility index (Phi) is 5.40. The van der Waals surface area contributed by atoms with Crippen LogP contribution in [0.25, 0.3) is 0 Å². The average molecular weight is 242 g/mol. The van der Waals surface area contributed by atoms with Crippen LogP contribution in [-0.2, 0) is 9.53 Å². The van der Waals surface area contributed by atoms with E-state index in [1.54, 1.807) is 4.90 Å². The first kappa shape index (κ1) is 14.5. The van der Waals surface area contributed by atoms with E-state index in [9.17, 15) is 4.79 Å². The molecule has 1 amide bonds. The lowest BCUT2D eigenvalue weighted by molar-refractivity contribution is -0.138. The summed E-state index contributed by atoms with van der Waals surface area (Å²) < 4.78 is 5.65. The van der Waals surface area contributed by atoms with E-state index in [1.165, 1.54) is 0 Å². The maximum atomic E-state index is 11.8. The molecule has 0 aliphatic carbocycles. The number of likely N-dealkylation sites (N-methyl/N-ethyl adjacent to an activating group) is 1. The summed E-state index contributed by atoms with van der Waals surface area (Å²) >= 11 is 0. The standard InChI is InChI=1S/C13H26N2O2/c1-13(2,3)10-15(4)12(16)9-17-11-5-7-14-8-6-11/h11,14H,5-10H2,1-4H3. The Morgan fingerprint density at radius 2 is 1.94 bits per heavy atom. The molecule has 1 N–H and O–H groups in total. The fraction of sp³-hybridized carbons (Fsp3) is 0.923. The number of hydrogen-bond donors (Lipinski definition) is 1. The molecule has 0 aromatic carbocycles. The predicted molar refractivity (Wildman–Crippen MR) is 68.9 cm³/mol. The second-order valence-corrected chi connectivity index (χ2v) is 6.07. The summed E-state index contributed by atoms with van der Waals surface area (Å²) in [4.78, 5) is 13.6. The Morgan fingerprint density at radius 3 is 2.47 bits per heavy atom. The monoisotopic (exact) mass is 242 g/mol. The highest BCUT2D eigenvalue weighted by Crippen LogP contribution is 2.14. The number of carbonyl (C=O) groups excluding carboxylic acids is 1. The molecule has 1 aliphatic heterocycles. The van der Waals surface area contributed by atoms with E-state index >= 15 is 0 Å². The molecule has 1 rings (SSSR count). The van der Waals surface area contributed by atoms with Crippen LogP contribution < -0.4 is 5.32 Å². The SMILES string of the molecule is CN(CC(C)(C)C)C(=O)COC1CCNCC1. The van der Waals surface area contributed by atoms with Crippen LogP contribution in [0.4, 0.5) is 0 Å². The molecular weight excluding hydrogens is 216 g/mol. The third-order valence-electron chi connectivity index (χ3n) is 2.87. The number of rotatable bonds is 4. The molecule has 0 spiro atoms. The summed E-state index contributed by atoms with van der Waals surface area (Å²) in [6.45, 7) is 9.37. The first-order valence-electron chi connectivity index (χ1n) is 6.45. The van der Waals surface area contributed by atoms with Gasteiger partial charge in [-0.3, -0.25) is 4.79 Å². The normalized spacial score (nSPS) is 18.1. The molecule has 0 saturated carbocycles. The van der Waals surface area contributed by atoms with Gasteiger partial charge in [0, 0.05) is 13.6 Å². The van der Waals surface area contributed by atoms with Crippen molar-refractivity contribution in [2.24, 2.45) is 5.41 Å². The lowest BCUT2D eigenvalue weighted by atomic mass is 9.96. The Morgan fingerprint density at radius 1 is 1.35 bits per heavy atom. The molecule has 100 valence electrons. The Bertz CT molecular complexity index is 242. The minimum atomic E-state index is 0.0819. The van der Waals surface area contributed by atoms with Gasteiger partial charge in [0.05, 0.1) is 6.10 Å². The van der Waals surface area contributed by atoms with Gasteiger partial charge < -0.3 is 15.0 Å². The fourth-order valence-corrected chi connectivity index (χ4v) is 2.06. The number of nitrogens with zero attached hydrogens (tertiary/aromatic N) is 1. The van der Waals surface area contributed by atoms with Crippen LogP contribution in [0.2, 0.25) is 0 Å². The number of ether oxygens (including phenoxy) is 1. The lowest BCUT2D eigenvalue weighted by Crippen LogP contribution is -2.39. The zero-order chi connectivity index (χ0) is 12.9. The third-order valence-corrected chi connectivity index (χ3v) is 2.87.